The van der Waals surface area contributed by atoms with E-state index in [1.807, 2.05) is 24.3 Å². The number of rotatable bonds is 3. The van der Waals surface area contributed by atoms with Crippen LogP contribution >= 0.6 is 0 Å². The van der Waals surface area contributed by atoms with Crippen molar-refractivity contribution in [2.45, 2.75) is 37.3 Å². The molecule has 0 aliphatic carbocycles. The van der Waals surface area contributed by atoms with Crippen LogP contribution in [-0.4, -0.2) is 37.1 Å². The quantitative estimate of drug-likeness (QED) is 0.371. The van der Waals surface area contributed by atoms with Gasteiger partial charge in [0, 0.05) is 28.6 Å². The Morgan fingerprint density at radius 3 is 2.73 bits per heavy atom. The lowest BCUT2D eigenvalue weighted by atomic mass is 9.76. The second kappa shape index (κ2) is 5.99. The summed E-state index contributed by atoms with van der Waals surface area (Å²) in [5, 5.41) is 3.60. The molecule has 6 nitrogen and oxygen atoms in total. The van der Waals surface area contributed by atoms with Crippen molar-refractivity contribution >= 4 is 11.7 Å². The molecule has 0 spiro atoms. The summed E-state index contributed by atoms with van der Waals surface area (Å²) in [5.41, 5.74) is 10.2. The lowest BCUT2D eigenvalue weighted by Gasteiger charge is -2.41. The predicted octanol–water partition coefficient (Wildman–Crippen LogP) is 3.37. The van der Waals surface area contributed by atoms with Gasteiger partial charge in [-0.05, 0) is 37.4 Å². The van der Waals surface area contributed by atoms with Crippen molar-refractivity contribution in [3.8, 4) is 0 Å². The number of fused-ring (bicyclic) bond motifs is 2. The summed E-state index contributed by atoms with van der Waals surface area (Å²) in [6.07, 6.45) is 3.16. The molecular formula is C16H20N4O2. The molecule has 0 aromatic heterocycles. The minimum atomic E-state index is -0.126. The number of ether oxygens (including phenoxy) is 1. The molecule has 0 amide bonds. The molecule has 2 heterocycles. The number of hydrogen-bond donors (Lipinski definition) is 0. The van der Waals surface area contributed by atoms with Crippen molar-refractivity contribution in [2.75, 3.05) is 14.2 Å². The summed E-state index contributed by atoms with van der Waals surface area (Å²) in [5.74, 6) is -0.0818. The van der Waals surface area contributed by atoms with Crippen LogP contribution in [0.4, 0.5) is 5.69 Å². The van der Waals surface area contributed by atoms with Gasteiger partial charge >= 0.3 is 5.97 Å². The first-order chi connectivity index (χ1) is 10.7. The van der Waals surface area contributed by atoms with Crippen LogP contribution in [0.15, 0.2) is 29.4 Å². The molecule has 22 heavy (non-hydrogen) atoms. The first kappa shape index (κ1) is 14.9. The molecule has 0 N–H and O–H groups in total. The Hall–Kier alpha value is -2.04. The molecule has 2 aliphatic heterocycles. The van der Waals surface area contributed by atoms with Crippen molar-refractivity contribution < 1.29 is 9.53 Å². The van der Waals surface area contributed by atoms with E-state index in [9.17, 15) is 4.79 Å². The van der Waals surface area contributed by atoms with Crippen molar-refractivity contribution in [1.29, 1.82) is 0 Å². The summed E-state index contributed by atoms with van der Waals surface area (Å²) in [7, 11) is 3.57. The lowest BCUT2D eigenvalue weighted by molar-refractivity contribution is -0.150. The third kappa shape index (κ3) is 2.45. The molecule has 1 aromatic carbocycles. The van der Waals surface area contributed by atoms with E-state index in [4.69, 9.17) is 10.3 Å². The standard InChI is InChI=1S/C16H20N4O2/c1-20-12-7-8-14(20)15(16(21)22-2)13(9-12)10-3-5-11(6-4-10)18-19-17/h3-6,12-15H,7-9H2,1-2H3/t12-,13-,14?,15?/m1/s1. The Morgan fingerprint density at radius 2 is 2.09 bits per heavy atom. The van der Waals surface area contributed by atoms with E-state index in [-0.39, 0.29) is 23.8 Å². The molecule has 0 radical (unpaired) electrons. The SMILES string of the molecule is COC(=O)C1C2CC[C@H](C[C@@H]1c1ccc(N=[N+]=[N-])cc1)N2C. The molecule has 2 fully saturated rings. The number of carbonyl (C=O) groups is 1. The molecule has 2 aliphatic rings. The molecule has 6 heteroatoms. The van der Waals surface area contributed by atoms with Crippen LogP contribution in [0.3, 0.4) is 0 Å². The van der Waals surface area contributed by atoms with E-state index in [0.29, 0.717) is 11.7 Å². The van der Waals surface area contributed by atoms with E-state index in [1.54, 1.807) is 0 Å². The zero-order valence-corrected chi connectivity index (χ0v) is 12.8. The van der Waals surface area contributed by atoms with Gasteiger partial charge in [0.15, 0.2) is 0 Å². The molecule has 3 rings (SSSR count). The number of esters is 1. The number of carbonyl (C=O) groups excluding carboxylic acids is 1. The third-order valence-corrected chi connectivity index (χ3v) is 5.22. The highest BCUT2D eigenvalue weighted by atomic mass is 16.5. The Morgan fingerprint density at radius 1 is 1.36 bits per heavy atom. The smallest absolute Gasteiger partial charge is 0.310 e. The topological polar surface area (TPSA) is 78.3 Å². The van der Waals surface area contributed by atoms with Crippen molar-refractivity contribution in [2.24, 2.45) is 11.0 Å². The fraction of sp³-hybridized carbons (Fsp3) is 0.562. The van der Waals surface area contributed by atoms with Crippen LogP contribution in [-0.2, 0) is 9.53 Å². The highest BCUT2D eigenvalue weighted by molar-refractivity contribution is 5.75. The number of azide groups is 1. The van der Waals surface area contributed by atoms with Crippen LogP contribution in [0, 0.1) is 5.92 Å². The van der Waals surface area contributed by atoms with Crippen LogP contribution in [0.25, 0.3) is 10.4 Å². The van der Waals surface area contributed by atoms with Crippen molar-refractivity contribution in [3.05, 3.63) is 40.3 Å². The Labute approximate surface area is 129 Å². The van der Waals surface area contributed by atoms with Gasteiger partial charge in [-0.3, -0.25) is 9.69 Å². The Kier molecular flexibility index (Phi) is 4.05. The van der Waals surface area contributed by atoms with Crippen LogP contribution in [0.2, 0.25) is 0 Å². The normalized spacial score (nSPS) is 30.6. The predicted molar refractivity (Wildman–Crippen MR) is 82.7 cm³/mol. The van der Waals surface area contributed by atoms with Gasteiger partial charge in [-0.25, -0.2) is 0 Å². The van der Waals surface area contributed by atoms with Gasteiger partial charge in [0.2, 0.25) is 0 Å². The minimum Gasteiger partial charge on any atom is -0.469 e. The first-order valence-corrected chi connectivity index (χ1v) is 7.60. The maximum absolute atomic E-state index is 12.3. The average molecular weight is 300 g/mol. The fourth-order valence-electron chi connectivity index (χ4n) is 4.11. The van der Waals surface area contributed by atoms with Gasteiger partial charge in [0.25, 0.3) is 0 Å². The third-order valence-electron chi connectivity index (χ3n) is 5.22. The van der Waals surface area contributed by atoms with Gasteiger partial charge in [0.1, 0.15) is 0 Å². The number of hydrogen-bond acceptors (Lipinski definition) is 4. The van der Waals surface area contributed by atoms with Crippen LogP contribution in [0.1, 0.15) is 30.7 Å². The van der Waals surface area contributed by atoms with E-state index in [2.05, 4.69) is 22.0 Å². The van der Waals surface area contributed by atoms with Gasteiger partial charge in [-0.1, -0.05) is 29.4 Å². The van der Waals surface area contributed by atoms with Crippen LogP contribution < -0.4 is 0 Å². The second-order valence-electron chi connectivity index (χ2n) is 6.14. The summed E-state index contributed by atoms with van der Waals surface area (Å²) in [4.78, 5) is 17.5. The molecular weight excluding hydrogens is 280 g/mol. The maximum atomic E-state index is 12.3. The second-order valence-corrected chi connectivity index (χ2v) is 6.14. The molecule has 116 valence electrons. The van der Waals surface area contributed by atoms with Gasteiger partial charge in [-0.2, -0.15) is 0 Å². The minimum absolute atomic E-state index is 0.124. The maximum Gasteiger partial charge on any atom is 0.310 e. The molecule has 2 unspecified atom stereocenters. The Bertz CT molecular complexity index is 609. The zero-order chi connectivity index (χ0) is 15.7. The summed E-state index contributed by atoms with van der Waals surface area (Å²) >= 11 is 0. The first-order valence-electron chi connectivity index (χ1n) is 7.60. The largest absolute Gasteiger partial charge is 0.469 e. The van der Waals surface area contributed by atoms with Gasteiger partial charge < -0.3 is 4.74 Å². The zero-order valence-electron chi connectivity index (χ0n) is 12.8. The lowest BCUT2D eigenvalue weighted by Crippen LogP contribution is -2.49. The highest BCUT2D eigenvalue weighted by Crippen LogP contribution is 2.46. The highest BCUT2D eigenvalue weighted by Gasteiger charge is 2.49. The summed E-state index contributed by atoms with van der Waals surface area (Å²) in [6, 6.07) is 8.35. The van der Waals surface area contributed by atoms with E-state index < -0.39 is 0 Å². The van der Waals surface area contributed by atoms with E-state index >= 15 is 0 Å². The molecule has 0 saturated carbocycles. The van der Waals surface area contributed by atoms with Gasteiger partial charge in [-0.15, -0.1) is 0 Å². The van der Waals surface area contributed by atoms with Gasteiger partial charge in [0.05, 0.1) is 13.0 Å². The van der Waals surface area contributed by atoms with E-state index in [0.717, 1.165) is 24.8 Å². The van der Waals surface area contributed by atoms with Crippen molar-refractivity contribution in [1.82, 2.24) is 4.90 Å². The number of benzene rings is 1. The molecule has 1 aromatic rings. The molecule has 2 bridgehead atoms. The molecule has 4 atom stereocenters. The number of nitrogens with zero attached hydrogens (tertiary/aromatic N) is 4. The van der Waals surface area contributed by atoms with Crippen molar-refractivity contribution in [3.63, 3.8) is 0 Å². The monoisotopic (exact) mass is 300 g/mol. The van der Waals surface area contributed by atoms with E-state index in [1.165, 1.54) is 7.11 Å². The summed E-state index contributed by atoms with van der Waals surface area (Å²) in [6.45, 7) is 0. The fourth-order valence-corrected chi connectivity index (χ4v) is 4.11. The number of methoxy groups -OCH3 is 1. The molecule has 2 saturated heterocycles. The summed E-state index contributed by atoms with van der Waals surface area (Å²) < 4.78 is 5.07. The number of piperidine rings is 1. The van der Waals surface area contributed by atoms with Crippen LogP contribution in [0.5, 0.6) is 0 Å². The Balaban J connectivity index is 1.93. The average Bonchev–Trinajstić information content (AvgIpc) is 2.77.